The standard InChI is InChI=1S/C25H32O/c1-3-5-6-7-8-10-25(26)22-14-16-24-21(18-22)13-12-20-17-19(9-4-2)11-15-23(20)24/h11,14-18H,3-10,12-13H2,1-2H3. The molecule has 1 heteroatoms. The molecular formula is C25H32O. The van der Waals surface area contributed by atoms with Crippen LogP contribution in [-0.4, -0.2) is 5.78 Å². The van der Waals surface area contributed by atoms with Crippen molar-refractivity contribution in [3.63, 3.8) is 0 Å². The third kappa shape index (κ3) is 4.44. The van der Waals surface area contributed by atoms with E-state index in [2.05, 4.69) is 44.2 Å². The first-order valence-electron chi connectivity index (χ1n) is 10.5. The molecule has 0 atom stereocenters. The van der Waals surface area contributed by atoms with Gasteiger partial charge in [0.05, 0.1) is 0 Å². The molecule has 0 amide bonds. The van der Waals surface area contributed by atoms with Gasteiger partial charge >= 0.3 is 0 Å². The van der Waals surface area contributed by atoms with E-state index in [1.807, 2.05) is 6.07 Å². The van der Waals surface area contributed by atoms with Gasteiger partial charge in [-0.25, -0.2) is 0 Å². The van der Waals surface area contributed by atoms with Crippen LogP contribution in [0.1, 0.15) is 85.8 Å². The molecule has 0 saturated heterocycles. The molecule has 3 rings (SSSR count). The summed E-state index contributed by atoms with van der Waals surface area (Å²) >= 11 is 0. The van der Waals surface area contributed by atoms with Crippen LogP contribution in [0.3, 0.4) is 0 Å². The molecule has 0 bridgehead atoms. The summed E-state index contributed by atoms with van der Waals surface area (Å²) in [5, 5.41) is 0. The highest BCUT2D eigenvalue weighted by atomic mass is 16.1. The summed E-state index contributed by atoms with van der Waals surface area (Å²) in [6, 6.07) is 13.3. The van der Waals surface area contributed by atoms with Gasteiger partial charge in [-0.05, 0) is 59.6 Å². The van der Waals surface area contributed by atoms with Gasteiger partial charge in [-0.2, -0.15) is 0 Å². The van der Waals surface area contributed by atoms with Crippen molar-refractivity contribution < 1.29 is 4.79 Å². The Morgan fingerprint density at radius 3 is 2.23 bits per heavy atom. The Morgan fingerprint density at radius 1 is 0.808 bits per heavy atom. The molecule has 0 heterocycles. The van der Waals surface area contributed by atoms with Gasteiger partial charge < -0.3 is 0 Å². The van der Waals surface area contributed by atoms with E-state index in [1.54, 1.807) is 0 Å². The normalized spacial score (nSPS) is 12.5. The van der Waals surface area contributed by atoms with Crippen LogP contribution in [0.25, 0.3) is 11.1 Å². The third-order valence-corrected chi connectivity index (χ3v) is 5.60. The van der Waals surface area contributed by atoms with Gasteiger partial charge in [0, 0.05) is 12.0 Å². The van der Waals surface area contributed by atoms with Crippen LogP contribution in [0.4, 0.5) is 0 Å². The fourth-order valence-electron chi connectivity index (χ4n) is 4.10. The number of ketones is 1. The van der Waals surface area contributed by atoms with Crippen LogP contribution in [0, 0.1) is 0 Å². The lowest BCUT2D eigenvalue weighted by atomic mass is 9.83. The zero-order valence-electron chi connectivity index (χ0n) is 16.4. The fourth-order valence-corrected chi connectivity index (χ4v) is 4.10. The SMILES string of the molecule is CCCCCCCC(=O)c1ccc2c(c1)CCc1cc(CCC)ccc1-2. The van der Waals surface area contributed by atoms with Gasteiger partial charge in [0.15, 0.2) is 5.78 Å². The van der Waals surface area contributed by atoms with E-state index in [1.165, 1.54) is 59.9 Å². The van der Waals surface area contributed by atoms with Crippen LogP contribution >= 0.6 is 0 Å². The maximum Gasteiger partial charge on any atom is 0.162 e. The quantitative estimate of drug-likeness (QED) is 0.354. The van der Waals surface area contributed by atoms with Crippen molar-refractivity contribution in [2.24, 2.45) is 0 Å². The summed E-state index contributed by atoms with van der Waals surface area (Å²) in [7, 11) is 0. The zero-order chi connectivity index (χ0) is 18.4. The molecule has 0 N–H and O–H groups in total. The lowest BCUT2D eigenvalue weighted by Gasteiger charge is -2.21. The van der Waals surface area contributed by atoms with E-state index in [-0.39, 0.29) is 0 Å². The molecule has 0 aliphatic heterocycles. The fraction of sp³-hybridized carbons (Fsp3) is 0.480. The average molecular weight is 349 g/mol. The van der Waals surface area contributed by atoms with E-state index in [0.717, 1.165) is 31.2 Å². The predicted octanol–water partition coefficient (Wildman–Crippen LogP) is 6.95. The highest BCUT2D eigenvalue weighted by Gasteiger charge is 2.18. The lowest BCUT2D eigenvalue weighted by Crippen LogP contribution is -2.07. The van der Waals surface area contributed by atoms with E-state index in [9.17, 15) is 4.79 Å². The molecule has 1 aliphatic carbocycles. The van der Waals surface area contributed by atoms with Crippen LogP contribution in [-0.2, 0) is 19.3 Å². The number of carbonyl (C=O) groups excluding carboxylic acids is 1. The second-order valence-electron chi connectivity index (χ2n) is 7.70. The molecule has 2 aromatic rings. The molecule has 0 unspecified atom stereocenters. The zero-order valence-corrected chi connectivity index (χ0v) is 16.4. The number of carbonyl (C=O) groups is 1. The molecule has 0 radical (unpaired) electrons. The second kappa shape index (κ2) is 9.16. The van der Waals surface area contributed by atoms with Crippen LogP contribution in [0.2, 0.25) is 0 Å². The number of aryl methyl sites for hydroxylation is 3. The summed E-state index contributed by atoms with van der Waals surface area (Å²) in [5.41, 5.74) is 7.87. The Labute approximate surface area is 158 Å². The van der Waals surface area contributed by atoms with Crippen molar-refractivity contribution in [2.75, 3.05) is 0 Å². The Balaban J connectivity index is 1.70. The van der Waals surface area contributed by atoms with Crippen molar-refractivity contribution in [1.29, 1.82) is 0 Å². The monoisotopic (exact) mass is 348 g/mol. The molecule has 0 spiro atoms. The molecule has 1 nitrogen and oxygen atoms in total. The molecule has 0 aromatic heterocycles. The molecule has 0 fully saturated rings. The first kappa shape index (κ1) is 18.9. The van der Waals surface area contributed by atoms with Crippen molar-refractivity contribution in [3.05, 3.63) is 58.7 Å². The number of rotatable bonds is 9. The number of fused-ring (bicyclic) bond motifs is 3. The van der Waals surface area contributed by atoms with Gasteiger partial charge in [0.1, 0.15) is 0 Å². The second-order valence-corrected chi connectivity index (χ2v) is 7.70. The lowest BCUT2D eigenvalue weighted by molar-refractivity contribution is 0.0979. The van der Waals surface area contributed by atoms with Gasteiger partial charge in [-0.3, -0.25) is 4.79 Å². The van der Waals surface area contributed by atoms with Crippen LogP contribution < -0.4 is 0 Å². The molecule has 138 valence electrons. The maximum absolute atomic E-state index is 12.5. The van der Waals surface area contributed by atoms with Crippen molar-refractivity contribution in [1.82, 2.24) is 0 Å². The predicted molar refractivity (Wildman–Crippen MR) is 111 cm³/mol. The minimum Gasteiger partial charge on any atom is -0.294 e. The first-order valence-corrected chi connectivity index (χ1v) is 10.5. The number of unbranched alkanes of at least 4 members (excludes halogenated alkanes) is 4. The highest BCUT2D eigenvalue weighted by Crippen LogP contribution is 2.35. The van der Waals surface area contributed by atoms with Crippen molar-refractivity contribution in [3.8, 4) is 11.1 Å². The van der Waals surface area contributed by atoms with E-state index < -0.39 is 0 Å². The molecular weight excluding hydrogens is 316 g/mol. The average Bonchev–Trinajstić information content (AvgIpc) is 2.67. The van der Waals surface area contributed by atoms with Crippen molar-refractivity contribution >= 4 is 5.78 Å². The largest absolute Gasteiger partial charge is 0.294 e. The van der Waals surface area contributed by atoms with E-state index in [4.69, 9.17) is 0 Å². The number of Topliss-reactive ketones (excluding diaryl/α,β-unsaturated/α-hetero) is 1. The Bertz CT molecular complexity index is 757. The minimum atomic E-state index is 0.313. The summed E-state index contributed by atoms with van der Waals surface area (Å²) in [5.74, 6) is 0.313. The summed E-state index contributed by atoms with van der Waals surface area (Å²) in [4.78, 5) is 12.5. The Kier molecular flexibility index (Phi) is 6.66. The van der Waals surface area contributed by atoms with Crippen LogP contribution in [0.5, 0.6) is 0 Å². The van der Waals surface area contributed by atoms with Gasteiger partial charge in [0.25, 0.3) is 0 Å². The van der Waals surface area contributed by atoms with E-state index in [0.29, 0.717) is 12.2 Å². The molecule has 1 aliphatic rings. The Hall–Kier alpha value is -1.89. The summed E-state index contributed by atoms with van der Waals surface area (Å²) in [6.07, 6.45) is 11.2. The minimum absolute atomic E-state index is 0.313. The molecule has 26 heavy (non-hydrogen) atoms. The van der Waals surface area contributed by atoms with Gasteiger partial charge in [-0.15, -0.1) is 0 Å². The topological polar surface area (TPSA) is 17.1 Å². The number of hydrogen-bond donors (Lipinski definition) is 0. The van der Waals surface area contributed by atoms with Crippen molar-refractivity contribution in [2.45, 2.75) is 78.1 Å². The third-order valence-electron chi connectivity index (χ3n) is 5.60. The van der Waals surface area contributed by atoms with Gasteiger partial charge in [0.2, 0.25) is 0 Å². The smallest absolute Gasteiger partial charge is 0.162 e. The van der Waals surface area contributed by atoms with Gasteiger partial charge in [-0.1, -0.05) is 76.3 Å². The van der Waals surface area contributed by atoms with Crippen LogP contribution in [0.15, 0.2) is 36.4 Å². The Morgan fingerprint density at radius 2 is 1.50 bits per heavy atom. The number of benzene rings is 2. The number of hydrogen-bond acceptors (Lipinski definition) is 1. The summed E-state index contributed by atoms with van der Waals surface area (Å²) < 4.78 is 0. The summed E-state index contributed by atoms with van der Waals surface area (Å²) in [6.45, 7) is 4.46. The highest BCUT2D eigenvalue weighted by molar-refractivity contribution is 5.97. The molecule has 0 saturated carbocycles. The molecule has 2 aromatic carbocycles. The van der Waals surface area contributed by atoms with E-state index >= 15 is 0 Å². The maximum atomic E-state index is 12.5. The first-order chi connectivity index (χ1) is 12.7.